The maximum atomic E-state index is 13.8. The lowest BCUT2D eigenvalue weighted by Crippen LogP contribution is -2.58. The van der Waals surface area contributed by atoms with E-state index in [4.69, 9.17) is 26.9 Å². The molecule has 0 aliphatic carbocycles. The Labute approximate surface area is 381 Å². The fourth-order valence-corrected chi connectivity index (χ4v) is 8.43. The highest BCUT2D eigenvalue weighted by Crippen LogP contribution is 2.40. The molecule has 0 spiro atoms. The van der Waals surface area contributed by atoms with Crippen LogP contribution in [0, 0.1) is 11.3 Å². The summed E-state index contributed by atoms with van der Waals surface area (Å²) in [5.41, 5.74) is -0.290. The number of carboxylic acids is 1. The number of rotatable bonds is 12. The lowest BCUT2D eigenvalue weighted by molar-refractivity contribution is -0.192. The van der Waals surface area contributed by atoms with Gasteiger partial charge in [-0.25, -0.2) is 4.79 Å². The third-order valence-corrected chi connectivity index (χ3v) is 11.5. The lowest BCUT2D eigenvalue weighted by atomic mass is 10.0. The van der Waals surface area contributed by atoms with Crippen LogP contribution in [-0.4, -0.2) is 112 Å². The first-order valence-electron chi connectivity index (χ1n) is 20.7. The maximum Gasteiger partial charge on any atom is 0.490 e. The van der Waals surface area contributed by atoms with Gasteiger partial charge in [-0.15, -0.1) is 0 Å². The smallest absolute Gasteiger partial charge is 0.490 e. The van der Waals surface area contributed by atoms with Gasteiger partial charge < -0.3 is 25.4 Å². The minimum absolute atomic E-state index is 0.0157. The van der Waals surface area contributed by atoms with Crippen LogP contribution in [0.1, 0.15) is 64.2 Å². The van der Waals surface area contributed by atoms with Crippen LogP contribution < -0.4 is 30.5 Å². The summed E-state index contributed by atoms with van der Waals surface area (Å²) in [6.07, 6.45) is -8.63. The summed E-state index contributed by atoms with van der Waals surface area (Å²) in [5.74, 6) is -3.41. The largest absolute Gasteiger partial charge is 0.492 e. The van der Waals surface area contributed by atoms with Gasteiger partial charge in [0.1, 0.15) is 23.9 Å². The van der Waals surface area contributed by atoms with E-state index in [1.807, 2.05) is 19.1 Å². The molecule has 22 heteroatoms. The van der Waals surface area contributed by atoms with E-state index in [0.717, 1.165) is 35.7 Å². The van der Waals surface area contributed by atoms with Crippen LogP contribution in [0.5, 0.6) is 5.75 Å². The number of carbonyl (C=O) groups is 5. The zero-order valence-corrected chi connectivity index (χ0v) is 37.3. The molecule has 3 aromatic rings. The first-order valence-corrected chi connectivity index (χ1v) is 21.1. The topological polar surface area (TPSA) is 188 Å². The van der Waals surface area contributed by atoms with E-state index in [0.29, 0.717) is 48.8 Å². The van der Waals surface area contributed by atoms with Crippen molar-refractivity contribution < 1.29 is 60.2 Å². The number of carbonyl (C=O) groups excluding carboxylic acids is 4. The fraction of sp³-hybridized carbons (Fsp3) is 0.432. The number of nitrogens with zero attached hydrogens (tertiary/aromatic N) is 5. The molecular formula is C44H48F6N8O7S. The summed E-state index contributed by atoms with van der Waals surface area (Å²) in [5, 5.41) is 24.8. The molecule has 3 aliphatic heterocycles. The predicted molar refractivity (Wildman–Crippen MR) is 235 cm³/mol. The number of nitrogens with one attached hydrogen (secondary N) is 3. The number of carboxylic acid groups (broad SMARTS) is 1. The highest BCUT2D eigenvalue weighted by atomic mass is 32.1. The Kier molecular flexibility index (Phi) is 15.7. The van der Waals surface area contributed by atoms with Crippen LogP contribution in [0.3, 0.4) is 0 Å². The Morgan fingerprint density at radius 3 is 2.20 bits per heavy atom. The first kappa shape index (κ1) is 50.7. The Balaban J connectivity index is 0.00000108. The molecule has 0 aromatic heterocycles. The molecule has 3 heterocycles. The fourth-order valence-electron chi connectivity index (χ4n) is 7.91. The van der Waals surface area contributed by atoms with Crippen LogP contribution in [-0.2, 0) is 36.6 Å². The number of aliphatic carboxylic acids is 1. The number of halogens is 6. The number of anilines is 4. The van der Waals surface area contributed by atoms with Crippen molar-refractivity contribution in [1.29, 1.82) is 5.26 Å². The number of hydrogen-bond acceptors (Lipinski definition) is 11. The second-order valence-corrected chi connectivity index (χ2v) is 16.7. The summed E-state index contributed by atoms with van der Waals surface area (Å²) in [6, 6.07) is 16.9. The quantitative estimate of drug-likeness (QED) is 0.0899. The minimum Gasteiger partial charge on any atom is -0.492 e. The minimum atomic E-state index is -5.08. The van der Waals surface area contributed by atoms with Crippen LogP contribution in [0.2, 0.25) is 0 Å². The molecule has 3 atom stereocenters. The number of ether oxygens (including phenoxy) is 1. The highest BCUT2D eigenvalue weighted by molar-refractivity contribution is 7.81. The molecule has 0 radical (unpaired) electrons. The average Bonchev–Trinajstić information content (AvgIpc) is 3.41. The van der Waals surface area contributed by atoms with Gasteiger partial charge in [-0.1, -0.05) is 13.0 Å². The van der Waals surface area contributed by atoms with Gasteiger partial charge in [-0.05, 0) is 113 Å². The number of amides is 4. The zero-order valence-electron chi connectivity index (χ0n) is 36.5. The Hall–Kier alpha value is -6.31. The van der Waals surface area contributed by atoms with Gasteiger partial charge >= 0.3 is 18.3 Å². The molecule has 6 rings (SSSR count). The molecule has 3 saturated heterocycles. The van der Waals surface area contributed by atoms with Crippen LogP contribution >= 0.6 is 12.2 Å². The summed E-state index contributed by atoms with van der Waals surface area (Å²) >= 11 is 5.72. The van der Waals surface area contributed by atoms with E-state index in [2.05, 4.69) is 39.6 Å². The van der Waals surface area contributed by atoms with Crippen LogP contribution in [0.15, 0.2) is 60.7 Å². The molecule has 0 saturated carbocycles. The van der Waals surface area contributed by atoms with Crippen molar-refractivity contribution in [2.24, 2.45) is 0 Å². The Morgan fingerprint density at radius 2 is 1.61 bits per heavy atom. The first-order chi connectivity index (χ1) is 30.8. The molecular weight excluding hydrogens is 899 g/mol. The number of thiocarbonyl (C=S) groups is 1. The lowest BCUT2D eigenvalue weighted by Gasteiger charge is -2.44. The van der Waals surface area contributed by atoms with Crippen molar-refractivity contribution in [1.82, 2.24) is 15.1 Å². The molecule has 3 fully saturated rings. The number of piperazine rings is 1. The normalized spacial score (nSPS) is 20.2. The number of nitriles is 1. The summed E-state index contributed by atoms with van der Waals surface area (Å²) in [4.78, 5) is 66.6. The summed E-state index contributed by atoms with van der Waals surface area (Å²) in [7, 11) is 0. The van der Waals surface area contributed by atoms with E-state index in [1.165, 1.54) is 6.07 Å². The van der Waals surface area contributed by atoms with Gasteiger partial charge in [0, 0.05) is 55.2 Å². The zero-order chi connectivity index (χ0) is 48.9. The van der Waals surface area contributed by atoms with Crippen molar-refractivity contribution in [3.63, 3.8) is 0 Å². The number of alkyl halides is 6. The van der Waals surface area contributed by atoms with Crippen molar-refractivity contribution in [3.8, 4) is 11.8 Å². The number of piperidine rings is 1. The standard InChI is InChI=1S/C42H47F3N8O5S.C2HF3O2/c1-6-27-18-32(53-40(59)52(39(57)41(53,4)5)31-11-10-28(21-46)33(20-31)42(43,44)45)12-14-35(27)58-17-16-50-22-25(2)51(26(3)23-50)24-37(55)48-30-9-7-8-29(19-30)47-34-13-15-36(54)49-38(34)56;3-2(4,5)1(6)7/h7-12,14,18-20,25-26,34,47H,6,13,15-17,22-24H2,1-5H3,(H,48,55)(H,49,54,56);(H,6,7)/t25-,26-,34?;/m1./s1. The highest BCUT2D eigenvalue weighted by Gasteiger charge is 2.51. The van der Waals surface area contributed by atoms with Crippen molar-refractivity contribution in [2.45, 2.75) is 89.9 Å². The number of imide groups is 1. The van der Waals surface area contributed by atoms with E-state index < -0.39 is 46.9 Å². The third kappa shape index (κ3) is 11.9. The van der Waals surface area contributed by atoms with Gasteiger partial charge in [0.15, 0.2) is 5.11 Å². The average molecular weight is 947 g/mol. The summed E-state index contributed by atoms with van der Waals surface area (Å²) < 4.78 is 79.4. The molecule has 3 aliphatic rings. The molecule has 4 N–H and O–H groups in total. The molecule has 354 valence electrons. The SMILES string of the molecule is CCc1cc(N2C(=S)N(c3ccc(C#N)c(C(F)(F)F)c3)C(=O)C2(C)C)ccc1OCCN1C[C@@H](C)N(CC(=O)Nc2cccc(NC3CCC(=O)NC3=O)c2)[C@H](C)C1.O=C(O)C(F)(F)F. The third-order valence-electron chi connectivity index (χ3n) is 11.2. The second kappa shape index (κ2) is 20.5. The molecule has 66 heavy (non-hydrogen) atoms. The van der Waals surface area contributed by atoms with E-state index in [1.54, 1.807) is 55.1 Å². The Bertz CT molecular complexity index is 2400. The van der Waals surface area contributed by atoms with Gasteiger partial charge in [0.2, 0.25) is 17.7 Å². The van der Waals surface area contributed by atoms with Gasteiger partial charge in [-0.2, -0.15) is 31.6 Å². The second-order valence-electron chi connectivity index (χ2n) is 16.4. The van der Waals surface area contributed by atoms with Crippen molar-refractivity contribution in [2.75, 3.05) is 53.2 Å². The number of aryl methyl sites for hydroxylation is 1. The van der Waals surface area contributed by atoms with Crippen molar-refractivity contribution in [3.05, 3.63) is 77.4 Å². The van der Waals surface area contributed by atoms with Crippen LogP contribution in [0.25, 0.3) is 0 Å². The summed E-state index contributed by atoms with van der Waals surface area (Å²) in [6.45, 7) is 12.1. The van der Waals surface area contributed by atoms with Gasteiger partial charge in [-0.3, -0.25) is 39.2 Å². The van der Waals surface area contributed by atoms with Crippen molar-refractivity contribution >= 4 is 69.7 Å². The van der Waals surface area contributed by atoms with E-state index >= 15 is 0 Å². The van der Waals surface area contributed by atoms with E-state index in [9.17, 15) is 50.8 Å². The van der Waals surface area contributed by atoms with E-state index in [-0.39, 0.29) is 53.6 Å². The molecule has 15 nitrogen and oxygen atoms in total. The Morgan fingerprint density at radius 1 is 0.970 bits per heavy atom. The van der Waals surface area contributed by atoms with Crippen LogP contribution in [0.4, 0.5) is 49.1 Å². The van der Waals surface area contributed by atoms with Gasteiger partial charge in [0.05, 0.1) is 29.4 Å². The molecule has 3 aromatic carbocycles. The van der Waals surface area contributed by atoms with Gasteiger partial charge in [0.25, 0.3) is 5.91 Å². The number of benzene rings is 3. The maximum absolute atomic E-state index is 13.8. The predicted octanol–water partition coefficient (Wildman–Crippen LogP) is 6.32. The molecule has 1 unspecified atom stereocenters. The monoisotopic (exact) mass is 946 g/mol. The molecule has 0 bridgehead atoms. The molecule has 4 amide bonds. The number of hydrogen-bond donors (Lipinski definition) is 4.